The zero-order chi connectivity index (χ0) is 15.4. The number of halogens is 1. The SMILES string of the molecule is N/C(=N/O)c1cccc(Oc2c(F)cccc2[N+](=O)[O-])n1. The second kappa shape index (κ2) is 5.82. The van der Waals surface area contributed by atoms with E-state index in [2.05, 4.69) is 10.1 Å². The molecule has 0 aliphatic heterocycles. The molecule has 0 spiro atoms. The van der Waals surface area contributed by atoms with E-state index in [9.17, 15) is 14.5 Å². The summed E-state index contributed by atoms with van der Waals surface area (Å²) in [5.74, 6) is -1.87. The van der Waals surface area contributed by atoms with Gasteiger partial charge in [0.25, 0.3) is 0 Å². The first-order valence-electron chi connectivity index (χ1n) is 5.58. The van der Waals surface area contributed by atoms with Crippen LogP contribution in [-0.4, -0.2) is 21.0 Å². The first kappa shape index (κ1) is 14.2. The number of ether oxygens (including phenoxy) is 1. The Morgan fingerprint density at radius 3 is 2.76 bits per heavy atom. The van der Waals surface area contributed by atoms with E-state index in [1.807, 2.05) is 0 Å². The first-order valence-corrected chi connectivity index (χ1v) is 5.58. The van der Waals surface area contributed by atoms with E-state index in [0.717, 1.165) is 12.1 Å². The number of nitrogens with two attached hydrogens (primary N) is 1. The minimum Gasteiger partial charge on any atom is -0.429 e. The van der Waals surface area contributed by atoms with Gasteiger partial charge in [0.15, 0.2) is 11.7 Å². The van der Waals surface area contributed by atoms with Crippen LogP contribution in [0.25, 0.3) is 0 Å². The highest BCUT2D eigenvalue weighted by molar-refractivity contribution is 5.95. The standard InChI is InChI=1S/C12H9FN4O4/c13-7-3-1-5-9(17(19)20)11(7)21-10-6-2-4-8(15-10)12(14)16-18/h1-6,18H,(H2,14,16). The fourth-order valence-electron chi connectivity index (χ4n) is 1.51. The van der Waals surface area contributed by atoms with E-state index in [1.54, 1.807) is 0 Å². The highest BCUT2D eigenvalue weighted by atomic mass is 19.1. The predicted octanol–water partition coefficient (Wildman–Crippen LogP) is 2.02. The number of amidine groups is 1. The number of nitro benzene ring substituents is 1. The summed E-state index contributed by atoms with van der Waals surface area (Å²) >= 11 is 0. The number of para-hydroxylation sites is 1. The maximum atomic E-state index is 13.7. The fourth-order valence-corrected chi connectivity index (χ4v) is 1.51. The summed E-state index contributed by atoms with van der Waals surface area (Å²) in [5.41, 5.74) is 4.91. The molecular formula is C12H9FN4O4. The van der Waals surface area contributed by atoms with Crippen molar-refractivity contribution < 1.29 is 19.3 Å². The number of rotatable bonds is 4. The summed E-state index contributed by atoms with van der Waals surface area (Å²) in [4.78, 5) is 13.9. The third kappa shape index (κ3) is 3.03. The number of aromatic nitrogens is 1. The first-order chi connectivity index (χ1) is 10.0. The van der Waals surface area contributed by atoms with Crippen molar-refractivity contribution >= 4 is 11.5 Å². The average Bonchev–Trinajstić information content (AvgIpc) is 2.48. The van der Waals surface area contributed by atoms with Gasteiger partial charge in [0.05, 0.1) is 4.92 Å². The minimum atomic E-state index is -0.903. The molecule has 108 valence electrons. The Balaban J connectivity index is 2.41. The Morgan fingerprint density at radius 1 is 1.38 bits per heavy atom. The van der Waals surface area contributed by atoms with Crippen molar-refractivity contribution in [2.75, 3.05) is 0 Å². The van der Waals surface area contributed by atoms with Gasteiger partial charge in [-0.1, -0.05) is 17.3 Å². The zero-order valence-electron chi connectivity index (χ0n) is 10.4. The Kier molecular flexibility index (Phi) is 3.93. The third-order valence-electron chi connectivity index (χ3n) is 2.44. The van der Waals surface area contributed by atoms with Crippen LogP contribution in [0.15, 0.2) is 41.6 Å². The molecule has 1 heterocycles. The van der Waals surface area contributed by atoms with E-state index in [4.69, 9.17) is 15.7 Å². The molecule has 0 aliphatic carbocycles. The quantitative estimate of drug-likeness (QED) is 0.292. The van der Waals surface area contributed by atoms with Crippen molar-refractivity contribution in [3.05, 3.63) is 58.0 Å². The van der Waals surface area contributed by atoms with Crippen LogP contribution in [0, 0.1) is 15.9 Å². The summed E-state index contributed by atoms with van der Waals surface area (Å²) < 4.78 is 18.8. The van der Waals surface area contributed by atoms with Gasteiger partial charge in [0, 0.05) is 12.1 Å². The van der Waals surface area contributed by atoms with Crippen molar-refractivity contribution in [2.45, 2.75) is 0 Å². The Hall–Kier alpha value is -3.23. The number of pyridine rings is 1. The van der Waals surface area contributed by atoms with E-state index in [-0.39, 0.29) is 17.4 Å². The van der Waals surface area contributed by atoms with Crippen LogP contribution in [0.2, 0.25) is 0 Å². The van der Waals surface area contributed by atoms with Crippen LogP contribution in [0.4, 0.5) is 10.1 Å². The molecule has 8 nitrogen and oxygen atoms in total. The van der Waals surface area contributed by atoms with Crippen molar-refractivity contribution in [1.82, 2.24) is 4.98 Å². The second-order valence-electron chi connectivity index (χ2n) is 3.79. The van der Waals surface area contributed by atoms with Crippen LogP contribution in [0.5, 0.6) is 11.6 Å². The molecule has 3 N–H and O–H groups in total. The van der Waals surface area contributed by atoms with Gasteiger partial charge in [0.1, 0.15) is 5.69 Å². The fraction of sp³-hybridized carbons (Fsp3) is 0. The molecule has 0 aliphatic rings. The van der Waals surface area contributed by atoms with Gasteiger partial charge in [-0.2, -0.15) is 0 Å². The highest BCUT2D eigenvalue weighted by Gasteiger charge is 2.20. The second-order valence-corrected chi connectivity index (χ2v) is 3.79. The molecule has 0 atom stereocenters. The van der Waals surface area contributed by atoms with E-state index < -0.39 is 22.2 Å². The van der Waals surface area contributed by atoms with Gasteiger partial charge >= 0.3 is 5.69 Å². The maximum absolute atomic E-state index is 13.7. The zero-order valence-corrected chi connectivity index (χ0v) is 10.4. The molecule has 0 saturated heterocycles. The molecule has 2 aromatic rings. The summed E-state index contributed by atoms with van der Waals surface area (Å²) in [5, 5.41) is 22.2. The summed E-state index contributed by atoms with van der Waals surface area (Å²) in [6.07, 6.45) is 0. The van der Waals surface area contributed by atoms with Crippen LogP contribution in [0.3, 0.4) is 0 Å². The Labute approximate surface area is 117 Å². The Bertz CT molecular complexity index is 720. The number of nitro groups is 1. The van der Waals surface area contributed by atoms with Crippen LogP contribution in [0.1, 0.15) is 5.69 Å². The summed E-state index contributed by atoms with van der Waals surface area (Å²) in [7, 11) is 0. The number of hydrogen-bond acceptors (Lipinski definition) is 6. The number of nitrogens with zero attached hydrogens (tertiary/aromatic N) is 3. The number of oxime groups is 1. The van der Waals surface area contributed by atoms with Gasteiger partial charge in [-0.15, -0.1) is 0 Å². The van der Waals surface area contributed by atoms with Crippen molar-refractivity contribution in [2.24, 2.45) is 10.9 Å². The third-order valence-corrected chi connectivity index (χ3v) is 2.44. The van der Waals surface area contributed by atoms with Gasteiger partial charge in [0.2, 0.25) is 11.6 Å². The largest absolute Gasteiger partial charge is 0.429 e. The molecule has 0 amide bonds. The molecule has 2 rings (SSSR count). The number of hydrogen-bond donors (Lipinski definition) is 2. The van der Waals surface area contributed by atoms with Gasteiger partial charge in [-0.05, 0) is 12.1 Å². The van der Waals surface area contributed by atoms with Gasteiger partial charge < -0.3 is 15.7 Å². The van der Waals surface area contributed by atoms with Crippen molar-refractivity contribution in [3.8, 4) is 11.6 Å². The molecule has 1 aromatic carbocycles. The van der Waals surface area contributed by atoms with Gasteiger partial charge in [-0.3, -0.25) is 10.1 Å². The average molecular weight is 292 g/mol. The number of benzene rings is 1. The molecule has 0 radical (unpaired) electrons. The highest BCUT2D eigenvalue weighted by Crippen LogP contribution is 2.32. The van der Waals surface area contributed by atoms with Crippen LogP contribution in [-0.2, 0) is 0 Å². The van der Waals surface area contributed by atoms with Crippen LogP contribution < -0.4 is 10.5 Å². The summed E-state index contributed by atoms with van der Waals surface area (Å²) in [6, 6.07) is 7.56. The van der Waals surface area contributed by atoms with Crippen LogP contribution >= 0.6 is 0 Å². The monoisotopic (exact) mass is 292 g/mol. The molecule has 0 saturated carbocycles. The minimum absolute atomic E-state index is 0.0778. The van der Waals surface area contributed by atoms with Gasteiger partial charge in [-0.25, -0.2) is 9.37 Å². The lowest BCUT2D eigenvalue weighted by atomic mass is 10.3. The molecule has 9 heteroatoms. The van der Waals surface area contributed by atoms with E-state index in [0.29, 0.717) is 0 Å². The molecule has 21 heavy (non-hydrogen) atoms. The topological polar surface area (TPSA) is 124 Å². The lowest BCUT2D eigenvalue weighted by Crippen LogP contribution is -2.15. The van der Waals surface area contributed by atoms with E-state index in [1.165, 1.54) is 24.3 Å². The molecular weight excluding hydrogens is 283 g/mol. The Morgan fingerprint density at radius 2 is 2.10 bits per heavy atom. The molecule has 1 aromatic heterocycles. The molecule has 0 fully saturated rings. The lowest BCUT2D eigenvalue weighted by molar-refractivity contribution is -0.385. The smallest absolute Gasteiger partial charge is 0.314 e. The maximum Gasteiger partial charge on any atom is 0.314 e. The van der Waals surface area contributed by atoms with E-state index >= 15 is 0 Å². The molecule has 0 unspecified atom stereocenters. The van der Waals surface area contributed by atoms with Crippen molar-refractivity contribution in [3.63, 3.8) is 0 Å². The summed E-state index contributed by atoms with van der Waals surface area (Å²) in [6.45, 7) is 0. The molecule has 0 bridgehead atoms. The normalized spacial score (nSPS) is 11.2. The predicted molar refractivity (Wildman–Crippen MR) is 69.9 cm³/mol. The lowest BCUT2D eigenvalue weighted by Gasteiger charge is -2.07. The van der Waals surface area contributed by atoms with Crippen molar-refractivity contribution in [1.29, 1.82) is 0 Å².